The zero-order chi connectivity index (χ0) is 20.6. The number of aromatic nitrogens is 2. The molecule has 6 rings (SSSR count). The van der Waals surface area contributed by atoms with Crippen LogP contribution < -0.4 is 15.4 Å². The van der Waals surface area contributed by atoms with Gasteiger partial charge in [0, 0.05) is 35.4 Å². The first-order chi connectivity index (χ1) is 15.4. The van der Waals surface area contributed by atoms with Crippen LogP contribution in [0, 0.1) is 0 Å². The summed E-state index contributed by atoms with van der Waals surface area (Å²) in [5, 5.41) is 15.9. The van der Waals surface area contributed by atoms with Crippen molar-refractivity contribution >= 4 is 11.8 Å². The van der Waals surface area contributed by atoms with Crippen LogP contribution in [-0.4, -0.2) is 22.8 Å². The van der Waals surface area contributed by atoms with E-state index in [1.165, 1.54) is 16.7 Å². The molecule has 2 atom stereocenters. The number of nitrogens with zero attached hydrogens (tertiary/aromatic N) is 2. The van der Waals surface area contributed by atoms with Crippen LogP contribution in [0.5, 0.6) is 5.75 Å². The molecule has 0 amide bonds. The molecular weight excluding hydrogens is 384 g/mol. The van der Waals surface area contributed by atoms with Crippen molar-refractivity contribution < 1.29 is 4.74 Å². The predicted octanol–water partition coefficient (Wildman–Crippen LogP) is 4.04. The average Bonchev–Trinajstić information content (AvgIpc) is 3.19. The first-order valence-electron chi connectivity index (χ1n) is 10.6. The molecule has 5 heteroatoms. The van der Waals surface area contributed by atoms with E-state index < -0.39 is 0 Å². The highest BCUT2D eigenvalue weighted by Crippen LogP contribution is 2.43. The summed E-state index contributed by atoms with van der Waals surface area (Å²) in [6.07, 6.45) is 8.14. The molecular formula is C26H22N4O. The van der Waals surface area contributed by atoms with Crippen LogP contribution in [0.1, 0.15) is 28.3 Å². The van der Waals surface area contributed by atoms with Crippen LogP contribution in [0.3, 0.4) is 0 Å². The van der Waals surface area contributed by atoms with Crippen molar-refractivity contribution in [1.82, 2.24) is 20.8 Å². The summed E-state index contributed by atoms with van der Waals surface area (Å²) in [6, 6.07) is 20.8. The summed E-state index contributed by atoms with van der Waals surface area (Å²) >= 11 is 0. The maximum absolute atomic E-state index is 6.27. The first kappa shape index (κ1) is 18.0. The second-order valence-electron chi connectivity index (χ2n) is 8.00. The van der Waals surface area contributed by atoms with Gasteiger partial charge in [-0.3, -0.25) is 0 Å². The summed E-state index contributed by atoms with van der Waals surface area (Å²) in [6.45, 7) is 1.35. The molecule has 2 aliphatic heterocycles. The van der Waals surface area contributed by atoms with Crippen LogP contribution in [0.2, 0.25) is 0 Å². The average molecular weight is 406 g/mol. The second kappa shape index (κ2) is 7.43. The number of nitrogens with one attached hydrogen (secondary N) is 2. The third-order valence-corrected chi connectivity index (χ3v) is 6.20. The Morgan fingerprint density at radius 1 is 0.968 bits per heavy atom. The van der Waals surface area contributed by atoms with Gasteiger partial charge in [0.1, 0.15) is 18.1 Å². The lowest BCUT2D eigenvalue weighted by Crippen LogP contribution is -2.41. The molecule has 1 aromatic heterocycles. The van der Waals surface area contributed by atoms with Crippen LogP contribution in [0.25, 0.3) is 11.8 Å². The summed E-state index contributed by atoms with van der Waals surface area (Å²) in [4.78, 5) is 0. The van der Waals surface area contributed by atoms with E-state index >= 15 is 0 Å². The molecule has 2 N–H and O–H groups in total. The van der Waals surface area contributed by atoms with Gasteiger partial charge in [-0.2, -0.15) is 5.10 Å². The number of hydrogen-bond donors (Lipinski definition) is 2. The van der Waals surface area contributed by atoms with Crippen molar-refractivity contribution in [3.63, 3.8) is 0 Å². The van der Waals surface area contributed by atoms with Crippen molar-refractivity contribution in [2.75, 3.05) is 6.54 Å². The zero-order valence-electron chi connectivity index (χ0n) is 17.0. The molecule has 1 aliphatic carbocycles. The first-order valence-corrected chi connectivity index (χ1v) is 10.6. The van der Waals surface area contributed by atoms with E-state index in [-0.39, 0.29) is 12.0 Å². The van der Waals surface area contributed by atoms with E-state index in [1.807, 2.05) is 30.3 Å². The van der Waals surface area contributed by atoms with Gasteiger partial charge in [0.25, 0.3) is 0 Å². The number of rotatable bonds is 4. The van der Waals surface area contributed by atoms with Crippen LogP contribution >= 0.6 is 0 Å². The Morgan fingerprint density at radius 3 is 2.77 bits per heavy atom. The minimum Gasteiger partial charge on any atom is -0.489 e. The van der Waals surface area contributed by atoms with E-state index in [1.54, 1.807) is 6.20 Å². The topological polar surface area (TPSA) is 59.1 Å². The number of fused-ring (bicyclic) bond motifs is 2. The Hall–Kier alpha value is -3.86. The van der Waals surface area contributed by atoms with Crippen molar-refractivity contribution in [1.29, 1.82) is 0 Å². The highest BCUT2D eigenvalue weighted by Gasteiger charge is 2.39. The van der Waals surface area contributed by atoms with E-state index in [9.17, 15) is 0 Å². The summed E-state index contributed by atoms with van der Waals surface area (Å²) in [5.41, 5.74) is 7.89. The van der Waals surface area contributed by atoms with Gasteiger partial charge in [0.15, 0.2) is 0 Å². The molecule has 0 radical (unpaired) electrons. The molecule has 31 heavy (non-hydrogen) atoms. The fraction of sp³-hybridized carbons (Fsp3) is 0.154. The van der Waals surface area contributed by atoms with Crippen molar-refractivity contribution in [3.05, 3.63) is 113 Å². The normalized spacial score (nSPS) is 20.7. The van der Waals surface area contributed by atoms with Crippen LogP contribution in [0.4, 0.5) is 0 Å². The SMILES string of the molecule is C1=Cc2ccnnc2C2=C3C1=CNC3C(c1ccccc1OCc1ccccc1)CN2. The lowest BCUT2D eigenvalue weighted by Gasteiger charge is -2.34. The van der Waals surface area contributed by atoms with E-state index in [4.69, 9.17) is 4.74 Å². The summed E-state index contributed by atoms with van der Waals surface area (Å²) in [7, 11) is 0. The third kappa shape index (κ3) is 3.10. The molecule has 0 spiro atoms. The Labute approximate surface area is 181 Å². The maximum Gasteiger partial charge on any atom is 0.123 e. The van der Waals surface area contributed by atoms with Gasteiger partial charge in [-0.15, -0.1) is 5.10 Å². The van der Waals surface area contributed by atoms with Crippen molar-refractivity contribution in [2.24, 2.45) is 0 Å². The molecule has 3 aromatic rings. The van der Waals surface area contributed by atoms with Crippen molar-refractivity contribution in [3.8, 4) is 5.75 Å². The molecule has 0 saturated heterocycles. The summed E-state index contributed by atoms with van der Waals surface area (Å²) in [5.74, 6) is 1.16. The lowest BCUT2D eigenvalue weighted by molar-refractivity contribution is 0.299. The fourth-order valence-corrected chi connectivity index (χ4v) is 4.70. The highest BCUT2D eigenvalue weighted by atomic mass is 16.5. The van der Waals surface area contributed by atoms with E-state index in [0.717, 1.165) is 34.8 Å². The lowest BCUT2D eigenvalue weighted by atomic mass is 9.81. The van der Waals surface area contributed by atoms with Gasteiger partial charge >= 0.3 is 0 Å². The maximum atomic E-state index is 6.27. The highest BCUT2D eigenvalue weighted by molar-refractivity contribution is 5.83. The largest absolute Gasteiger partial charge is 0.489 e. The van der Waals surface area contributed by atoms with Gasteiger partial charge in [-0.25, -0.2) is 0 Å². The minimum absolute atomic E-state index is 0.158. The fourth-order valence-electron chi connectivity index (χ4n) is 4.70. The predicted molar refractivity (Wildman–Crippen MR) is 121 cm³/mol. The van der Waals surface area contributed by atoms with Gasteiger partial charge in [-0.1, -0.05) is 60.7 Å². The number of hydrogen-bond acceptors (Lipinski definition) is 5. The van der Waals surface area contributed by atoms with E-state index in [2.05, 4.69) is 69.5 Å². The number of ether oxygens (including phenoxy) is 1. The molecule has 0 fully saturated rings. The Morgan fingerprint density at radius 2 is 1.84 bits per heavy atom. The van der Waals surface area contributed by atoms with Crippen LogP contribution in [-0.2, 0) is 6.61 Å². The zero-order valence-corrected chi connectivity index (χ0v) is 17.0. The number of para-hydroxylation sites is 1. The molecule has 0 bridgehead atoms. The van der Waals surface area contributed by atoms with Gasteiger partial charge in [0.2, 0.25) is 0 Å². The van der Waals surface area contributed by atoms with Gasteiger partial charge in [0.05, 0.1) is 17.9 Å². The Bertz CT molecular complexity index is 1230. The number of benzene rings is 2. The van der Waals surface area contributed by atoms with Gasteiger partial charge < -0.3 is 15.4 Å². The quantitative estimate of drug-likeness (QED) is 0.685. The number of allylic oxidation sites excluding steroid dienone is 1. The van der Waals surface area contributed by atoms with Gasteiger partial charge in [-0.05, 0) is 23.3 Å². The molecule has 2 aromatic carbocycles. The van der Waals surface area contributed by atoms with Crippen molar-refractivity contribution in [2.45, 2.75) is 18.6 Å². The molecule has 3 aliphatic rings. The smallest absolute Gasteiger partial charge is 0.123 e. The molecule has 3 heterocycles. The summed E-state index contributed by atoms with van der Waals surface area (Å²) < 4.78 is 6.27. The molecule has 2 unspecified atom stereocenters. The Kier molecular flexibility index (Phi) is 4.31. The standard InChI is InChI=1S/C26H22N4O/c1-2-6-17(7-3-1)16-31-22-9-5-4-8-20(22)21-15-28-26-23-19(14-27-25(21)23)11-10-18-12-13-29-30-24(18)26/h1-14,21,25,27-28H,15-16H2. The third-order valence-electron chi connectivity index (χ3n) is 6.20. The monoisotopic (exact) mass is 406 g/mol. The minimum atomic E-state index is 0.158. The molecule has 0 saturated carbocycles. The molecule has 5 nitrogen and oxygen atoms in total. The molecule has 152 valence electrons. The Balaban J connectivity index is 1.35. The second-order valence-corrected chi connectivity index (χ2v) is 8.00. The van der Waals surface area contributed by atoms with Crippen LogP contribution in [0.15, 0.2) is 90.3 Å². The van der Waals surface area contributed by atoms with E-state index in [0.29, 0.717) is 6.61 Å².